The molecule has 1 heterocycles. The van der Waals surface area contributed by atoms with Crippen molar-refractivity contribution in [1.29, 1.82) is 0 Å². The molecule has 4 heteroatoms. The molecule has 1 rings (SSSR count). The maximum Gasteiger partial charge on any atom is 0.0971 e. The Bertz CT molecular complexity index is 119. The van der Waals surface area contributed by atoms with Crippen LogP contribution in [0, 0.1) is 0 Å². The van der Waals surface area contributed by atoms with Gasteiger partial charge >= 0.3 is 0 Å². The Morgan fingerprint density at radius 2 is 1.75 bits per heavy atom. The maximum absolute atomic E-state index is 8.72. The Hall–Kier alpha value is -0.160. The second-order valence-electron chi connectivity index (χ2n) is 3.03. The summed E-state index contributed by atoms with van der Waals surface area (Å²) in [6.45, 7) is 2.62. The molecule has 0 aromatic carbocycles. The number of aliphatic hydroxyl groups excluding tert-OH is 1. The van der Waals surface area contributed by atoms with Crippen molar-refractivity contribution in [2.24, 2.45) is 0 Å². The lowest BCUT2D eigenvalue weighted by Crippen LogP contribution is -2.27. The van der Waals surface area contributed by atoms with E-state index in [2.05, 4.69) is 4.90 Å². The minimum Gasteiger partial charge on any atom is -0.395 e. The van der Waals surface area contributed by atoms with Crippen LogP contribution in [0.1, 0.15) is 0 Å². The molecule has 0 spiro atoms. The third-order valence-corrected chi connectivity index (χ3v) is 2.31. The minimum atomic E-state index is 0.154. The van der Waals surface area contributed by atoms with Crippen LogP contribution in [0.4, 0.5) is 0 Å². The van der Waals surface area contributed by atoms with E-state index in [1.54, 1.807) is 14.2 Å². The lowest BCUT2D eigenvalue weighted by atomic mass is 10.3. The van der Waals surface area contributed by atoms with Crippen molar-refractivity contribution in [1.82, 2.24) is 4.90 Å². The van der Waals surface area contributed by atoms with Gasteiger partial charge in [0.25, 0.3) is 0 Å². The highest BCUT2D eigenvalue weighted by Gasteiger charge is 2.32. The van der Waals surface area contributed by atoms with Gasteiger partial charge in [-0.1, -0.05) is 0 Å². The number of aliphatic hydroxyl groups is 1. The average Bonchev–Trinajstić information content (AvgIpc) is 2.48. The lowest BCUT2D eigenvalue weighted by Gasteiger charge is -2.13. The van der Waals surface area contributed by atoms with E-state index in [-0.39, 0.29) is 18.8 Å². The smallest absolute Gasteiger partial charge is 0.0971 e. The number of β-amino-alcohol motifs (C(OH)–C–C–N with tert-alkyl or cyclic N) is 1. The summed E-state index contributed by atoms with van der Waals surface area (Å²) in [5.74, 6) is 0. The van der Waals surface area contributed by atoms with Crippen LogP contribution in [0.5, 0.6) is 0 Å². The molecule has 2 atom stereocenters. The van der Waals surface area contributed by atoms with Crippen LogP contribution < -0.4 is 0 Å². The van der Waals surface area contributed by atoms with Crippen molar-refractivity contribution >= 4 is 0 Å². The third kappa shape index (κ3) is 2.17. The molecule has 0 aromatic rings. The van der Waals surface area contributed by atoms with Crippen molar-refractivity contribution in [2.45, 2.75) is 12.2 Å². The molecule has 0 bridgehead atoms. The van der Waals surface area contributed by atoms with Crippen LogP contribution in [-0.4, -0.2) is 62.7 Å². The molecule has 0 aromatic heterocycles. The van der Waals surface area contributed by atoms with Crippen molar-refractivity contribution < 1.29 is 14.6 Å². The van der Waals surface area contributed by atoms with Crippen molar-refractivity contribution in [3.8, 4) is 0 Å². The van der Waals surface area contributed by atoms with Crippen molar-refractivity contribution in [2.75, 3.05) is 40.5 Å². The second kappa shape index (κ2) is 4.77. The first kappa shape index (κ1) is 9.92. The number of likely N-dealkylation sites (tertiary alicyclic amines) is 1. The van der Waals surface area contributed by atoms with E-state index in [4.69, 9.17) is 14.6 Å². The number of nitrogens with zero attached hydrogens (tertiary/aromatic N) is 1. The van der Waals surface area contributed by atoms with Gasteiger partial charge in [0.05, 0.1) is 18.8 Å². The Labute approximate surface area is 73.1 Å². The molecular weight excluding hydrogens is 158 g/mol. The van der Waals surface area contributed by atoms with Gasteiger partial charge in [0.15, 0.2) is 0 Å². The first-order chi connectivity index (χ1) is 5.81. The van der Waals surface area contributed by atoms with E-state index >= 15 is 0 Å². The molecule has 1 N–H and O–H groups in total. The summed E-state index contributed by atoms with van der Waals surface area (Å²) >= 11 is 0. The molecule has 1 aliphatic heterocycles. The molecule has 1 fully saturated rings. The Balaban J connectivity index is 2.36. The van der Waals surface area contributed by atoms with Crippen LogP contribution in [0.3, 0.4) is 0 Å². The first-order valence-electron chi connectivity index (χ1n) is 4.20. The van der Waals surface area contributed by atoms with E-state index in [9.17, 15) is 0 Å². The van der Waals surface area contributed by atoms with Gasteiger partial charge in [-0.15, -0.1) is 0 Å². The van der Waals surface area contributed by atoms with E-state index in [1.165, 1.54) is 0 Å². The quantitative estimate of drug-likeness (QED) is 0.615. The largest absolute Gasteiger partial charge is 0.395 e. The molecule has 0 aliphatic carbocycles. The number of methoxy groups -OCH3 is 2. The highest BCUT2D eigenvalue weighted by Crippen LogP contribution is 2.14. The zero-order chi connectivity index (χ0) is 8.97. The fourth-order valence-electron chi connectivity index (χ4n) is 1.60. The van der Waals surface area contributed by atoms with Crippen LogP contribution >= 0.6 is 0 Å². The third-order valence-electron chi connectivity index (χ3n) is 2.31. The summed E-state index contributed by atoms with van der Waals surface area (Å²) in [7, 11) is 3.39. The number of rotatable bonds is 4. The molecule has 0 saturated carbocycles. The monoisotopic (exact) mass is 175 g/mol. The Morgan fingerprint density at radius 3 is 2.08 bits per heavy atom. The zero-order valence-corrected chi connectivity index (χ0v) is 7.69. The van der Waals surface area contributed by atoms with Gasteiger partial charge in [0.2, 0.25) is 0 Å². The highest BCUT2D eigenvalue weighted by atomic mass is 16.5. The first-order valence-corrected chi connectivity index (χ1v) is 4.20. The summed E-state index contributed by atoms with van der Waals surface area (Å²) in [6, 6.07) is 0. The molecule has 0 amide bonds. The molecule has 0 unspecified atom stereocenters. The van der Waals surface area contributed by atoms with Gasteiger partial charge in [0, 0.05) is 33.9 Å². The maximum atomic E-state index is 8.72. The normalized spacial score (nSPS) is 31.2. The van der Waals surface area contributed by atoms with Crippen molar-refractivity contribution in [3.05, 3.63) is 0 Å². The van der Waals surface area contributed by atoms with Gasteiger partial charge in [-0.05, 0) is 0 Å². The lowest BCUT2D eigenvalue weighted by molar-refractivity contribution is -0.00461. The summed E-state index contributed by atoms with van der Waals surface area (Å²) < 4.78 is 10.5. The topological polar surface area (TPSA) is 41.9 Å². The van der Waals surface area contributed by atoms with Gasteiger partial charge in [0.1, 0.15) is 0 Å². The highest BCUT2D eigenvalue weighted by molar-refractivity contribution is 4.85. The van der Waals surface area contributed by atoms with Gasteiger partial charge < -0.3 is 14.6 Å². The predicted octanol–water partition coefficient (Wildman–Crippen LogP) is -0.676. The standard InChI is InChI=1S/C8H17NO3/c1-11-7-5-9(3-4-10)6-8(7)12-2/h7-8,10H,3-6H2,1-2H3/t7-,8+. The fraction of sp³-hybridized carbons (Fsp3) is 1.00. The Morgan fingerprint density at radius 1 is 1.25 bits per heavy atom. The van der Waals surface area contributed by atoms with Crippen LogP contribution in [-0.2, 0) is 9.47 Å². The predicted molar refractivity (Wildman–Crippen MR) is 45.1 cm³/mol. The SMILES string of the molecule is CO[C@H]1CN(CCO)C[C@H]1OC. The summed E-state index contributed by atoms with van der Waals surface area (Å²) in [6.07, 6.45) is 0.308. The summed E-state index contributed by atoms with van der Waals surface area (Å²) in [4.78, 5) is 2.14. The second-order valence-corrected chi connectivity index (χ2v) is 3.03. The Kier molecular flexibility index (Phi) is 3.94. The molecule has 1 saturated heterocycles. The molecule has 0 radical (unpaired) electrons. The van der Waals surface area contributed by atoms with E-state index in [0.717, 1.165) is 13.1 Å². The average molecular weight is 175 g/mol. The fourth-order valence-corrected chi connectivity index (χ4v) is 1.60. The minimum absolute atomic E-state index is 0.154. The van der Waals surface area contributed by atoms with Gasteiger partial charge in [-0.25, -0.2) is 0 Å². The number of hydrogen-bond donors (Lipinski definition) is 1. The van der Waals surface area contributed by atoms with Crippen molar-refractivity contribution in [3.63, 3.8) is 0 Å². The van der Waals surface area contributed by atoms with Crippen LogP contribution in [0.25, 0.3) is 0 Å². The zero-order valence-electron chi connectivity index (χ0n) is 7.69. The molecular formula is C8H17NO3. The van der Waals surface area contributed by atoms with Crippen LogP contribution in [0.15, 0.2) is 0 Å². The van der Waals surface area contributed by atoms with Gasteiger partial charge in [-0.2, -0.15) is 0 Å². The number of ether oxygens (including phenoxy) is 2. The molecule has 12 heavy (non-hydrogen) atoms. The van der Waals surface area contributed by atoms with E-state index < -0.39 is 0 Å². The van der Waals surface area contributed by atoms with Crippen LogP contribution in [0.2, 0.25) is 0 Å². The molecule has 72 valence electrons. The number of hydrogen-bond acceptors (Lipinski definition) is 4. The molecule has 1 aliphatic rings. The summed E-state index contributed by atoms with van der Waals surface area (Å²) in [5, 5.41) is 8.72. The van der Waals surface area contributed by atoms with Gasteiger partial charge in [-0.3, -0.25) is 4.90 Å². The van der Waals surface area contributed by atoms with E-state index in [1.807, 2.05) is 0 Å². The summed E-state index contributed by atoms with van der Waals surface area (Å²) in [5.41, 5.74) is 0. The molecule has 4 nitrogen and oxygen atoms in total. The van der Waals surface area contributed by atoms with E-state index in [0.29, 0.717) is 6.54 Å².